The Kier molecular flexibility index (Phi) is 5.82. The standard InChI is InChI=1S/C23H21ClN4O3S/c24-18-2-3-20-17(12-18)11-16(15-31-20)1-4-21(29)27-7-5-26(6-8-27)14-19-13-22(30)28-9-10-32-23(28)25-19/h1-4,9-13H,5-8,14-15H2/b4-1-. The highest BCUT2D eigenvalue weighted by Gasteiger charge is 2.20. The number of carbonyl (C=O) groups is 1. The van der Waals surface area contributed by atoms with Gasteiger partial charge in [-0.25, -0.2) is 4.98 Å². The largest absolute Gasteiger partial charge is 0.488 e. The van der Waals surface area contributed by atoms with Crippen LogP contribution in [0, 0.1) is 0 Å². The molecule has 1 aromatic carbocycles. The third-order valence-electron chi connectivity index (χ3n) is 5.57. The molecule has 164 valence electrons. The highest BCUT2D eigenvalue weighted by atomic mass is 35.5. The van der Waals surface area contributed by atoms with Crippen LogP contribution in [0.1, 0.15) is 11.3 Å². The predicted molar refractivity (Wildman–Crippen MR) is 125 cm³/mol. The van der Waals surface area contributed by atoms with Gasteiger partial charge in [-0.05, 0) is 29.8 Å². The van der Waals surface area contributed by atoms with Crippen LogP contribution >= 0.6 is 22.9 Å². The summed E-state index contributed by atoms with van der Waals surface area (Å²) >= 11 is 7.51. The van der Waals surface area contributed by atoms with Crippen molar-refractivity contribution >= 4 is 39.9 Å². The van der Waals surface area contributed by atoms with Crippen LogP contribution in [0.5, 0.6) is 5.75 Å². The molecule has 1 saturated heterocycles. The summed E-state index contributed by atoms with van der Waals surface area (Å²) < 4.78 is 7.28. The van der Waals surface area contributed by atoms with Gasteiger partial charge in [0.25, 0.3) is 5.56 Å². The molecule has 5 rings (SSSR count). The fourth-order valence-corrected chi connectivity index (χ4v) is 4.79. The quantitative estimate of drug-likeness (QED) is 0.550. The third kappa shape index (κ3) is 4.48. The molecule has 9 heteroatoms. The van der Waals surface area contributed by atoms with E-state index in [-0.39, 0.29) is 11.5 Å². The maximum absolute atomic E-state index is 12.6. The summed E-state index contributed by atoms with van der Waals surface area (Å²) in [6, 6.07) is 7.09. The monoisotopic (exact) mass is 468 g/mol. The second kappa shape index (κ2) is 8.90. The molecule has 0 spiro atoms. The Balaban J connectivity index is 1.17. The van der Waals surface area contributed by atoms with Gasteiger partial charge in [0.05, 0.1) is 5.69 Å². The fraction of sp³-hybridized carbons (Fsp3) is 0.261. The van der Waals surface area contributed by atoms with Crippen LogP contribution in [-0.2, 0) is 11.3 Å². The van der Waals surface area contributed by atoms with Gasteiger partial charge in [0, 0.05) is 67.0 Å². The van der Waals surface area contributed by atoms with Crippen LogP contribution < -0.4 is 10.3 Å². The number of halogens is 1. The number of rotatable bonds is 4. The first kappa shape index (κ1) is 20.9. The van der Waals surface area contributed by atoms with Crippen molar-refractivity contribution in [3.63, 3.8) is 0 Å². The fourth-order valence-electron chi connectivity index (χ4n) is 3.87. The van der Waals surface area contributed by atoms with Crippen molar-refractivity contribution in [1.29, 1.82) is 0 Å². The summed E-state index contributed by atoms with van der Waals surface area (Å²) in [6.07, 6.45) is 7.15. The molecule has 2 aromatic heterocycles. The van der Waals surface area contributed by atoms with Crippen LogP contribution in [0.4, 0.5) is 0 Å². The number of thiazole rings is 1. The van der Waals surface area contributed by atoms with E-state index in [1.807, 2.05) is 34.6 Å². The van der Waals surface area contributed by atoms with Gasteiger partial charge in [-0.1, -0.05) is 17.7 Å². The average Bonchev–Trinajstić information content (AvgIpc) is 3.27. The minimum atomic E-state index is -0.0592. The molecule has 0 aliphatic carbocycles. The number of aromatic nitrogens is 2. The number of ether oxygens (including phenoxy) is 1. The van der Waals surface area contributed by atoms with Crippen molar-refractivity contribution in [1.82, 2.24) is 19.2 Å². The van der Waals surface area contributed by atoms with Gasteiger partial charge in [-0.15, -0.1) is 11.3 Å². The zero-order valence-electron chi connectivity index (χ0n) is 17.2. The van der Waals surface area contributed by atoms with E-state index in [1.54, 1.807) is 28.8 Å². The SMILES string of the molecule is O=C(/C=C\C1=Cc2cc(Cl)ccc2OC1)N1CCN(Cc2cc(=O)n3ccsc3n2)CC1. The van der Waals surface area contributed by atoms with E-state index in [0.717, 1.165) is 35.7 Å². The van der Waals surface area contributed by atoms with Crippen LogP contribution in [-0.4, -0.2) is 57.9 Å². The van der Waals surface area contributed by atoms with E-state index in [0.29, 0.717) is 36.2 Å². The zero-order valence-corrected chi connectivity index (χ0v) is 18.8. The average molecular weight is 469 g/mol. The highest BCUT2D eigenvalue weighted by Crippen LogP contribution is 2.29. The number of hydrogen-bond acceptors (Lipinski definition) is 6. The van der Waals surface area contributed by atoms with E-state index in [4.69, 9.17) is 16.3 Å². The molecule has 0 saturated carbocycles. The van der Waals surface area contributed by atoms with Crippen LogP contribution in [0.25, 0.3) is 11.0 Å². The van der Waals surface area contributed by atoms with Gasteiger partial charge in [0.2, 0.25) is 5.91 Å². The summed E-state index contributed by atoms with van der Waals surface area (Å²) in [7, 11) is 0. The lowest BCUT2D eigenvalue weighted by molar-refractivity contribution is -0.127. The minimum Gasteiger partial charge on any atom is -0.488 e. The lowest BCUT2D eigenvalue weighted by atomic mass is 10.1. The zero-order chi connectivity index (χ0) is 22.1. The van der Waals surface area contributed by atoms with Gasteiger partial charge in [-0.3, -0.25) is 18.9 Å². The molecule has 1 amide bonds. The van der Waals surface area contributed by atoms with E-state index >= 15 is 0 Å². The van der Waals surface area contributed by atoms with E-state index < -0.39 is 0 Å². The first-order valence-corrected chi connectivity index (χ1v) is 11.6. The number of hydrogen-bond donors (Lipinski definition) is 0. The third-order valence-corrected chi connectivity index (χ3v) is 6.56. The first-order chi connectivity index (χ1) is 15.5. The summed E-state index contributed by atoms with van der Waals surface area (Å²) in [4.78, 5) is 34.1. The molecule has 32 heavy (non-hydrogen) atoms. The van der Waals surface area contributed by atoms with Crippen molar-refractivity contribution in [2.45, 2.75) is 6.54 Å². The molecule has 7 nitrogen and oxygen atoms in total. The molecular weight excluding hydrogens is 448 g/mol. The lowest BCUT2D eigenvalue weighted by Gasteiger charge is -2.34. The van der Waals surface area contributed by atoms with Crippen molar-refractivity contribution in [2.75, 3.05) is 32.8 Å². The highest BCUT2D eigenvalue weighted by molar-refractivity contribution is 7.15. The summed E-state index contributed by atoms with van der Waals surface area (Å²) in [5.74, 6) is 0.781. The molecule has 0 radical (unpaired) electrons. The number of amides is 1. The first-order valence-electron chi connectivity index (χ1n) is 10.3. The van der Waals surface area contributed by atoms with Crippen LogP contribution in [0.3, 0.4) is 0 Å². The second-order valence-corrected chi connectivity index (χ2v) is 9.08. The van der Waals surface area contributed by atoms with Gasteiger partial charge in [0.1, 0.15) is 12.4 Å². The van der Waals surface area contributed by atoms with E-state index in [9.17, 15) is 9.59 Å². The summed E-state index contributed by atoms with van der Waals surface area (Å²) in [6.45, 7) is 3.78. The molecule has 0 atom stereocenters. The Bertz CT molecular complexity index is 1290. The van der Waals surface area contributed by atoms with E-state index in [1.165, 1.54) is 11.3 Å². The van der Waals surface area contributed by atoms with Crippen molar-refractivity contribution in [2.24, 2.45) is 0 Å². The molecule has 2 aliphatic rings. The maximum Gasteiger partial charge on any atom is 0.258 e. The number of carbonyl (C=O) groups excluding carboxylic acids is 1. The molecule has 0 bridgehead atoms. The van der Waals surface area contributed by atoms with Crippen molar-refractivity contribution in [3.05, 3.63) is 80.2 Å². The molecule has 4 heterocycles. The number of benzene rings is 1. The molecule has 2 aliphatic heterocycles. The number of fused-ring (bicyclic) bond motifs is 2. The lowest BCUT2D eigenvalue weighted by Crippen LogP contribution is -2.48. The number of nitrogens with zero attached hydrogens (tertiary/aromatic N) is 4. The molecule has 1 fully saturated rings. The van der Waals surface area contributed by atoms with Crippen LogP contribution in [0.2, 0.25) is 5.02 Å². The molecule has 3 aromatic rings. The summed E-state index contributed by atoms with van der Waals surface area (Å²) in [5.41, 5.74) is 2.55. The number of piperazine rings is 1. The van der Waals surface area contributed by atoms with Crippen molar-refractivity contribution in [3.8, 4) is 5.75 Å². The Hall–Kier alpha value is -2.94. The normalized spacial score (nSPS) is 16.8. The molecular formula is C23H21ClN4O3S. The van der Waals surface area contributed by atoms with Gasteiger partial charge in [-0.2, -0.15) is 0 Å². The molecule has 0 unspecified atom stereocenters. The molecule has 0 N–H and O–H groups in total. The Morgan fingerprint density at radius 1 is 1.22 bits per heavy atom. The van der Waals surface area contributed by atoms with Gasteiger partial charge >= 0.3 is 0 Å². The smallest absolute Gasteiger partial charge is 0.258 e. The topological polar surface area (TPSA) is 67.2 Å². The predicted octanol–water partition coefficient (Wildman–Crippen LogP) is 3.09. The second-order valence-electron chi connectivity index (χ2n) is 7.77. The van der Waals surface area contributed by atoms with Gasteiger partial charge < -0.3 is 9.64 Å². The Morgan fingerprint density at radius 2 is 2.06 bits per heavy atom. The minimum absolute atomic E-state index is 0.0150. The van der Waals surface area contributed by atoms with E-state index in [2.05, 4.69) is 9.88 Å². The Labute approximate surface area is 193 Å². The maximum atomic E-state index is 12.6. The Morgan fingerprint density at radius 3 is 2.91 bits per heavy atom. The summed E-state index contributed by atoms with van der Waals surface area (Å²) in [5, 5.41) is 2.51. The van der Waals surface area contributed by atoms with Crippen molar-refractivity contribution < 1.29 is 9.53 Å². The van der Waals surface area contributed by atoms with Crippen LogP contribution in [0.15, 0.2) is 58.4 Å². The van der Waals surface area contributed by atoms with Gasteiger partial charge in [0.15, 0.2) is 4.96 Å².